The number of hydrogen-bond donors (Lipinski definition) is 0. The predicted molar refractivity (Wildman–Crippen MR) is 111 cm³/mol. The van der Waals surface area contributed by atoms with Gasteiger partial charge in [0.05, 0.1) is 5.77 Å². The molecule has 0 saturated carbocycles. The molecule has 230 valence electrons. The van der Waals surface area contributed by atoms with Crippen molar-refractivity contribution in [3.63, 3.8) is 0 Å². The first kappa shape index (κ1) is 36.9. The largest absolute Gasteiger partial charge is 0.460 e. The van der Waals surface area contributed by atoms with Gasteiger partial charge in [0.2, 0.25) is 0 Å². The molecule has 1 aromatic heterocycles. The lowest BCUT2D eigenvalue weighted by atomic mass is 9.91. The Kier molecular flexibility index (Phi) is 9.17. The van der Waals surface area contributed by atoms with Gasteiger partial charge in [-0.15, -0.1) is 11.3 Å². The third-order valence-corrected chi connectivity index (χ3v) is 11.7. The summed E-state index contributed by atoms with van der Waals surface area (Å²) < 4.78 is 274. The third-order valence-electron chi connectivity index (χ3n) is 4.41. The van der Waals surface area contributed by atoms with Gasteiger partial charge in [0.25, 0.3) is 9.84 Å². The Hall–Kier alpha value is -0.130. The molecule has 0 unspecified atom stereocenters. The highest BCUT2D eigenvalue weighted by atomic mass is 127. The second kappa shape index (κ2) is 9.69. The second-order valence-corrected chi connectivity index (χ2v) is 15.6. The quantitative estimate of drug-likeness (QED) is 0.196. The summed E-state index contributed by atoms with van der Waals surface area (Å²) in [6.45, 7) is 0. The molecule has 0 atom stereocenters. The average Bonchev–Trinajstić information content (AvgIpc) is 3.00. The molecule has 39 heavy (non-hydrogen) atoms. The van der Waals surface area contributed by atoms with Gasteiger partial charge >= 0.3 is 47.0 Å². The van der Waals surface area contributed by atoms with Crippen LogP contribution in [0.1, 0.15) is 0 Å². The molecule has 0 N–H and O–H groups in total. The molecule has 1 aromatic rings. The summed E-state index contributed by atoms with van der Waals surface area (Å²) in [6.07, 6.45) is -7.88. The fourth-order valence-electron chi connectivity index (χ4n) is 2.34. The monoisotopic (exact) mass is 896 g/mol. The average molecular weight is 896 g/mol. The van der Waals surface area contributed by atoms with E-state index in [-0.39, 0.29) is 17.6 Å². The van der Waals surface area contributed by atoms with Gasteiger partial charge < -0.3 is 0 Å². The van der Waals surface area contributed by atoms with Crippen molar-refractivity contribution >= 4 is 76.2 Å². The van der Waals surface area contributed by atoms with Crippen LogP contribution in [0.2, 0.25) is 0 Å². The van der Waals surface area contributed by atoms with Gasteiger partial charge in [0, 0.05) is 6.26 Å². The van der Waals surface area contributed by atoms with Crippen LogP contribution in [0.15, 0.2) is 9.79 Å². The fraction of sp³-hybridized carbons (Fsp3) is 0.692. The smallest absolute Gasteiger partial charge is 0.224 e. The molecule has 26 heteroatoms. The van der Waals surface area contributed by atoms with E-state index in [1.54, 1.807) is 0 Å². The van der Waals surface area contributed by atoms with E-state index in [0.717, 1.165) is 22.6 Å². The molecule has 0 radical (unpaired) electrons. The lowest BCUT2D eigenvalue weighted by Crippen LogP contribution is -2.75. The van der Waals surface area contributed by atoms with Crippen LogP contribution in [0.5, 0.6) is 0 Å². The molecule has 0 aliphatic heterocycles. The van der Waals surface area contributed by atoms with E-state index in [0.29, 0.717) is 22.6 Å². The summed E-state index contributed by atoms with van der Waals surface area (Å²) in [5.74, 6) is -52.4. The highest BCUT2D eigenvalue weighted by Gasteiger charge is 2.96. The molecule has 0 aromatic carbocycles. The van der Waals surface area contributed by atoms with Gasteiger partial charge in [-0.2, -0.15) is 74.6 Å². The van der Waals surface area contributed by atoms with Crippen molar-refractivity contribution in [3.05, 3.63) is 5.77 Å². The SMILES string of the molecule is CS(=O)(=O)c1c(I)sc(I)c1S(=O)(=O)C(F)(F)C(F)(F)C(F)(F)C(F)(F)C(F)(F)C(F)(F)C(F)(F)C(F)(F)F. The Bertz CT molecular complexity index is 1350. The van der Waals surface area contributed by atoms with E-state index < -0.39 is 82.2 Å². The van der Waals surface area contributed by atoms with Crippen molar-refractivity contribution in [2.45, 2.75) is 56.8 Å². The van der Waals surface area contributed by atoms with Gasteiger partial charge in [-0.05, 0) is 45.2 Å². The first-order valence-electron chi connectivity index (χ1n) is 8.19. The Morgan fingerprint density at radius 3 is 1.10 bits per heavy atom. The Morgan fingerprint density at radius 2 is 0.795 bits per heavy atom. The molecule has 0 bridgehead atoms. The zero-order valence-corrected chi connectivity index (χ0v) is 23.8. The Balaban J connectivity index is 4.02. The van der Waals surface area contributed by atoms with Crippen LogP contribution in [-0.2, 0) is 19.7 Å². The van der Waals surface area contributed by atoms with Gasteiger partial charge in [0.15, 0.2) is 9.84 Å². The van der Waals surface area contributed by atoms with Crippen LogP contribution in [-0.4, -0.2) is 70.1 Å². The maximum atomic E-state index is 14.4. The number of alkyl halides is 17. The van der Waals surface area contributed by atoms with Crippen molar-refractivity contribution in [2.75, 3.05) is 6.26 Å². The summed E-state index contributed by atoms with van der Waals surface area (Å²) >= 11 is 1.47. The van der Waals surface area contributed by atoms with E-state index >= 15 is 0 Å². The summed E-state index contributed by atoms with van der Waals surface area (Å²) in [5, 5.41) is -7.84. The van der Waals surface area contributed by atoms with Gasteiger partial charge in [-0.1, -0.05) is 0 Å². The van der Waals surface area contributed by atoms with Gasteiger partial charge in [0.1, 0.15) is 9.79 Å². The van der Waals surface area contributed by atoms with E-state index in [2.05, 4.69) is 0 Å². The standard InChI is InChI=1S/C13H3F17I2O4S3/c1-38(33,34)2-3(5(32)37-4(2)31)39(35,36)13(29,30)11(24,25)9(20,21)7(16,17)6(14,15)8(18,19)10(22,23)12(26,27)28/h1H3. The number of thiophene rings is 1. The summed E-state index contributed by atoms with van der Waals surface area (Å²) in [5.41, 5.74) is 0. The van der Waals surface area contributed by atoms with Crippen LogP contribution >= 0.6 is 56.5 Å². The highest BCUT2D eigenvalue weighted by Crippen LogP contribution is 2.65. The van der Waals surface area contributed by atoms with Crippen LogP contribution in [0.25, 0.3) is 0 Å². The molecule has 4 nitrogen and oxygen atoms in total. The van der Waals surface area contributed by atoms with Crippen LogP contribution in [0, 0.1) is 5.77 Å². The van der Waals surface area contributed by atoms with Crippen molar-refractivity contribution in [1.82, 2.24) is 0 Å². The first-order valence-corrected chi connectivity index (χ1v) is 14.5. The topological polar surface area (TPSA) is 68.3 Å². The van der Waals surface area contributed by atoms with Crippen LogP contribution in [0.3, 0.4) is 0 Å². The van der Waals surface area contributed by atoms with E-state index in [1.807, 2.05) is 0 Å². The molecular weight excluding hydrogens is 893 g/mol. The van der Waals surface area contributed by atoms with Crippen LogP contribution in [0.4, 0.5) is 74.6 Å². The Labute approximate surface area is 235 Å². The zero-order chi connectivity index (χ0) is 32.0. The van der Waals surface area contributed by atoms with Crippen molar-refractivity contribution in [1.29, 1.82) is 0 Å². The van der Waals surface area contributed by atoms with Crippen molar-refractivity contribution in [2.24, 2.45) is 0 Å². The number of halogens is 19. The molecule has 0 aliphatic rings. The highest BCUT2D eigenvalue weighted by molar-refractivity contribution is 14.1. The van der Waals surface area contributed by atoms with Crippen LogP contribution < -0.4 is 0 Å². The van der Waals surface area contributed by atoms with E-state index in [1.165, 1.54) is 0 Å². The number of hydrogen-bond acceptors (Lipinski definition) is 5. The minimum Gasteiger partial charge on any atom is -0.224 e. The molecular formula is C13H3F17I2O4S3. The Morgan fingerprint density at radius 1 is 0.513 bits per heavy atom. The molecule has 0 aliphatic carbocycles. The minimum absolute atomic E-state index is 0.0504. The maximum Gasteiger partial charge on any atom is 0.460 e. The number of sulfone groups is 2. The van der Waals surface area contributed by atoms with Crippen molar-refractivity contribution in [3.8, 4) is 0 Å². The molecule has 1 heterocycles. The van der Waals surface area contributed by atoms with Gasteiger partial charge in [-0.3, -0.25) is 0 Å². The molecule has 1 rings (SSSR count). The zero-order valence-electron chi connectivity index (χ0n) is 17.0. The molecule has 0 spiro atoms. The normalized spacial score (nSPS) is 16.1. The summed E-state index contributed by atoms with van der Waals surface area (Å²) in [6, 6.07) is 0. The lowest BCUT2D eigenvalue weighted by Gasteiger charge is -2.42. The molecule has 0 fully saturated rings. The fourth-order valence-corrected chi connectivity index (χ4v) is 12.4. The number of rotatable bonds is 9. The van der Waals surface area contributed by atoms with Crippen molar-refractivity contribution < 1.29 is 91.5 Å². The second-order valence-electron chi connectivity index (χ2n) is 7.04. The summed E-state index contributed by atoms with van der Waals surface area (Å²) in [4.78, 5) is -4.26. The minimum atomic E-state index is -8.98. The molecule has 0 saturated heterocycles. The van der Waals surface area contributed by atoms with Gasteiger partial charge in [-0.25, -0.2) is 16.8 Å². The molecule has 0 amide bonds. The summed E-state index contributed by atoms with van der Waals surface area (Å²) in [7, 11) is -12.8. The lowest BCUT2D eigenvalue weighted by molar-refractivity contribution is -0.458. The maximum absolute atomic E-state index is 14.4. The van der Waals surface area contributed by atoms with E-state index in [4.69, 9.17) is 0 Å². The first-order chi connectivity index (χ1) is 16.5. The van der Waals surface area contributed by atoms with E-state index in [9.17, 15) is 91.5 Å². The predicted octanol–water partition coefficient (Wildman–Crippen LogP) is 7.10. The third kappa shape index (κ3) is 4.89.